The first-order chi connectivity index (χ1) is 13.9. The summed E-state index contributed by atoms with van der Waals surface area (Å²) in [5.41, 5.74) is 2.10. The molecule has 1 aliphatic heterocycles. The van der Waals surface area contributed by atoms with E-state index in [0.29, 0.717) is 25.0 Å². The highest BCUT2D eigenvalue weighted by molar-refractivity contribution is 5.79. The molecule has 0 aliphatic carbocycles. The smallest absolute Gasteiger partial charge is 0.422 e. The summed E-state index contributed by atoms with van der Waals surface area (Å²) in [5.74, 6) is 2.11. The molecule has 8 heteroatoms. The number of aliphatic imine (C=N–C) groups is 1. The zero-order valence-corrected chi connectivity index (χ0v) is 16.1. The number of hydrogen-bond acceptors (Lipinski definition) is 3. The third-order valence-electron chi connectivity index (χ3n) is 4.61. The van der Waals surface area contributed by atoms with Crippen LogP contribution in [0.1, 0.15) is 23.5 Å². The van der Waals surface area contributed by atoms with Gasteiger partial charge in [0.2, 0.25) is 0 Å². The second-order valence-corrected chi connectivity index (χ2v) is 6.73. The summed E-state index contributed by atoms with van der Waals surface area (Å²) in [6.07, 6.45) is -3.41. The van der Waals surface area contributed by atoms with E-state index in [1.807, 2.05) is 18.2 Å². The Labute approximate surface area is 167 Å². The van der Waals surface area contributed by atoms with Gasteiger partial charge in [0.05, 0.1) is 6.61 Å². The predicted octanol–water partition coefficient (Wildman–Crippen LogP) is 3.86. The van der Waals surface area contributed by atoms with Crippen LogP contribution in [0.25, 0.3) is 0 Å². The summed E-state index contributed by atoms with van der Waals surface area (Å²) in [6, 6.07) is 14.5. The minimum Gasteiger partial charge on any atom is -0.493 e. The Hall–Kier alpha value is -2.90. The molecule has 0 radical (unpaired) electrons. The number of rotatable bonds is 6. The van der Waals surface area contributed by atoms with E-state index in [0.717, 1.165) is 24.3 Å². The molecule has 0 fully saturated rings. The molecule has 1 atom stereocenters. The molecule has 29 heavy (non-hydrogen) atoms. The van der Waals surface area contributed by atoms with Gasteiger partial charge < -0.3 is 20.1 Å². The molecular formula is C21H24F3N3O2. The fourth-order valence-corrected chi connectivity index (χ4v) is 3.12. The number of ether oxygens (including phenoxy) is 2. The molecule has 5 nitrogen and oxygen atoms in total. The van der Waals surface area contributed by atoms with Gasteiger partial charge in [-0.3, -0.25) is 4.99 Å². The highest BCUT2D eigenvalue weighted by atomic mass is 19.4. The molecule has 0 amide bonds. The van der Waals surface area contributed by atoms with Gasteiger partial charge in [0, 0.05) is 26.1 Å². The van der Waals surface area contributed by atoms with Crippen molar-refractivity contribution in [2.75, 3.05) is 26.8 Å². The zero-order valence-electron chi connectivity index (χ0n) is 16.1. The Morgan fingerprint density at radius 2 is 1.90 bits per heavy atom. The summed E-state index contributed by atoms with van der Waals surface area (Å²) in [4.78, 5) is 4.23. The standard InChI is InChI=1S/C21H24F3N3O2/c1-25-20(27-13-16-10-11-28-19-5-3-2-4-18(16)19)26-12-15-6-8-17(9-7-15)29-14-21(22,23)24/h2-9,16H,10-14H2,1H3,(H2,25,26,27). The molecule has 1 unspecified atom stereocenters. The van der Waals surface area contributed by atoms with Gasteiger partial charge in [-0.25, -0.2) is 0 Å². The number of hydrogen-bond donors (Lipinski definition) is 2. The lowest BCUT2D eigenvalue weighted by atomic mass is 9.93. The lowest BCUT2D eigenvalue weighted by Crippen LogP contribution is -2.39. The van der Waals surface area contributed by atoms with Gasteiger partial charge in [-0.2, -0.15) is 13.2 Å². The molecule has 1 aliphatic rings. The topological polar surface area (TPSA) is 54.9 Å². The quantitative estimate of drug-likeness (QED) is 0.564. The van der Waals surface area contributed by atoms with Crippen molar-refractivity contribution >= 4 is 5.96 Å². The second-order valence-electron chi connectivity index (χ2n) is 6.73. The van der Waals surface area contributed by atoms with Crippen LogP contribution in [0.2, 0.25) is 0 Å². The average Bonchev–Trinajstić information content (AvgIpc) is 2.72. The Bertz CT molecular complexity index is 823. The fourth-order valence-electron chi connectivity index (χ4n) is 3.12. The van der Waals surface area contributed by atoms with Gasteiger partial charge in [0.15, 0.2) is 12.6 Å². The van der Waals surface area contributed by atoms with Crippen LogP contribution in [0.5, 0.6) is 11.5 Å². The Kier molecular flexibility index (Phi) is 6.85. The van der Waals surface area contributed by atoms with E-state index >= 15 is 0 Å². The Morgan fingerprint density at radius 1 is 1.14 bits per heavy atom. The SMILES string of the molecule is CN=C(NCc1ccc(OCC(F)(F)F)cc1)NCC1CCOc2ccccc21. The van der Waals surface area contributed by atoms with E-state index < -0.39 is 12.8 Å². The lowest BCUT2D eigenvalue weighted by Gasteiger charge is -2.26. The Balaban J connectivity index is 1.47. The van der Waals surface area contributed by atoms with E-state index in [-0.39, 0.29) is 5.75 Å². The van der Waals surface area contributed by atoms with E-state index in [1.165, 1.54) is 17.7 Å². The highest BCUT2D eigenvalue weighted by Gasteiger charge is 2.28. The van der Waals surface area contributed by atoms with Crippen LogP contribution in [0.4, 0.5) is 13.2 Å². The molecule has 0 bridgehead atoms. The number of nitrogens with one attached hydrogen (secondary N) is 2. The Morgan fingerprint density at radius 3 is 2.62 bits per heavy atom. The largest absolute Gasteiger partial charge is 0.493 e. The van der Waals surface area contributed by atoms with Gasteiger partial charge in [-0.1, -0.05) is 30.3 Å². The molecule has 0 spiro atoms. The number of guanidine groups is 1. The van der Waals surface area contributed by atoms with E-state index in [4.69, 9.17) is 9.47 Å². The van der Waals surface area contributed by atoms with Crippen LogP contribution in [0.3, 0.4) is 0 Å². The van der Waals surface area contributed by atoms with Gasteiger partial charge in [-0.05, 0) is 35.7 Å². The normalized spacial score (nSPS) is 16.6. The van der Waals surface area contributed by atoms with Crippen LogP contribution in [0.15, 0.2) is 53.5 Å². The summed E-state index contributed by atoms with van der Waals surface area (Å²) >= 11 is 0. The molecular weight excluding hydrogens is 383 g/mol. The number of benzene rings is 2. The van der Waals surface area contributed by atoms with Crippen molar-refractivity contribution < 1.29 is 22.6 Å². The predicted molar refractivity (Wildman–Crippen MR) is 105 cm³/mol. The third kappa shape index (κ3) is 6.30. The molecule has 2 aromatic carbocycles. The van der Waals surface area contributed by atoms with Crippen molar-refractivity contribution in [2.24, 2.45) is 4.99 Å². The summed E-state index contributed by atoms with van der Waals surface area (Å²) in [5, 5.41) is 6.54. The van der Waals surface area contributed by atoms with Crippen molar-refractivity contribution in [3.05, 3.63) is 59.7 Å². The van der Waals surface area contributed by atoms with E-state index in [9.17, 15) is 13.2 Å². The molecule has 0 saturated carbocycles. The zero-order chi connectivity index (χ0) is 20.7. The molecule has 2 N–H and O–H groups in total. The number of alkyl halides is 3. The first-order valence-electron chi connectivity index (χ1n) is 9.39. The second kappa shape index (κ2) is 9.54. The number of fused-ring (bicyclic) bond motifs is 1. The highest BCUT2D eigenvalue weighted by Crippen LogP contribution is 2.32. The van der Waals surface area contributed by atoms with Crippen molar-refractivity contribution in [1.29, 1.82) is 0 Å². The van der Waals surface area contributed by atoms with Crippen molar-refractivity contribution in [2.45, 2.75) is 25.1 Å². The summed E-state index contributed by atoms with van der Waals surface area (Å²) < 4.78 is 47.0. The fraction of sp³-hybridized carbons (Fsp3) is 0.381. The first kappa shape index (κ1) is 20.8. The molecule has 156 valence electrons. The molecule has 1 heterocycles. The van der Waals surface area contributed by atoms with Gasteiger partial charge >= 0.3 is 6.18 Å². The van der Waals surface area contributed by atoms with Gasteiger partial charge in [0.25, 0.3) is 0 Å². The van der Waals surface area contributed by atoms with Crippen LogP contribution in [-0.4, -0.2) is 38.9 Å². The van der Waals surface area contributed by atoms with Crippen LogP contribution in [0, 0.1) is 0 Å². The van der Waals surface area contributed by atoms with Crippen LogP contribution in [-0.2, 0) is 6.54 Å². The molecule has 0 aromatic heterocycles. The number of halogens is 3. The lowest BCUT2D eigenvalue weighted by molar-refractivity contribution is -0.153. The molecule has 0 saturated heterocycles. The van der Waals surface area contributed by atoms with E-state index in [2.05, 4.69) is 21.7 Å². The van der Waals surface area contributed by atoms with Crippen LogP contribution >= 0.6 is 0 Å². The van der Waals surface area contributed by atoms with Crippen molar-refractivity contribution in [1.82, 2.24) is 10.6 Å². The van der Waals surface area contributed by atoms with Crippen LogP contribution < -0.4 is 20.1 Å². The van der Waals surface area contributed by atoms with Crippen molar-refractivity contribution in [3.63, 3.8) is 0 Å². The summed E-state index contributed by atoms with van der Waals surface area (Å²) in [6.45, 7) is 0.614. The minimum atomic E-state index is -4.34. The number of nitrogens with zero attached hydrogens (tertiary/aromatic N) is 1. The minimum absolute atomic E-state index is 0.187. The summed E-state index contributed by atoms with van der Waals surface area (Å²) in [7, 11) is 1.70. The van der Waals surface area contributed by atoms with E-state index in [1.54, 1.807) is 19.2 Å². The maximum Gasteiger partial charge on any atom is 0.422 e. The third-order valence-corrected chi connectivity index (χ3v) is 4.61. The average molecular weight is 407 g/mol. The monoisotopic (exact) mass is 407 g/mol. The molecule has 3 rings (SSSR count). The maximum atomic E-state index is 12.2. The molecule has 2 aromatic rings. The first-order valence-corrected chi connectivity index (χ1v) is 9.39. The van der Waals surface area contributed by atoms with Gasteiger partial charge in [-0.15, -0.1) is 0 Å². The number of para-hydroxylation sites is 1. The maximum absolute atomic E-state index is 12.2. The van der Waals surface area contributed by atoms with Crippen molar-refractivity contribution in [3.8, 4) is 11.5 Å². The van der Waals surface area contributed by atoms with Gasteiger partial charge in [0.1, 0.15) is 11.5 Å².